The summed E-state index contributed by atoms with van der Waals surface area (Å²) in [6.07, 6.45) is 3.25. The van der Waals surface area contributed by atoms with Crippen molar-refractivity contribution in [2.75, 3.05) is 0 Å². The Morgan fingerprint density at radius 2 is 1.43 bits per heavy atom. The second-order valence-corrected chi connectivity index (χ2v) is 12.8. The Balaban J connectivity index is 1.76. The average Bonchev–Trinajstić information content (AvgIpc) is 2.96. The molecule has 4 nitrogen and oxygen atoms in total. The van der Waals surface area contributed by atoms with Gasteiger partial charge in [0.2, 0.25) is 0 Å². The molecule has 0 fully saturated rings. The molecule has 3 aromatic carbocycles. The Morgan fingerprint density at radius 3 is 2.02 bits per heavy atom. The molecule has 212 valence electrons. The Morgan fingerprint density at radius 1 is 0.857 bits per heavy atom. The number of allylic oxidation sites excluding steroid dienone is 4. The minimum atomic E-state index is -0.596. The third-order valence-electron chi connectivity index (χ3n) is 6.16. The summed E-state index contributed by atoms with van der Waals surface area (Å²) in [6, 6.07) is 19.4. The molecule has 0 atom stereocenters. The molecular formula is C32H20Cl4O4S2. The maximum Gasteiger partial charge on any atom is 0.340 e. The number of hydrogen-bond donors (Lipinski definition) is 0. The van der Waals surface area contributed by atoms with Crippen LogP contribution in [0.3, 0.4) is 0 Å². The van der Waals surface area contributed by atoms with Crippen LogP contribution in [0, 0.1) is 0 Å². The van der Waals surface area contributed by atoms with E-state index in [1.807, 2.05) is 24.3 Å². The van der Waals surface area contributed by atoms with Crippen LogP contribution in [0.1, 0.15) is 18.1 Å². The molecular weight excluding hydrogens is 654 g/mol. The molecule has 0 aliphatic carbocycles. The van der Waals surface area contributed by atoms with Crippen molar-refractivity contribution in [2.24, 2.45) is 0 Å². The summed E-state index contributed by atoms with van der Waals surface area (Å²) in [5.74, 6) is 0. The van der Waals surface area contributed by atoms with Crippen molar-refractivity contribution in [3.63, 3.8) is 0 Å². The predicted molar refractivity (Wildman–Crippen MR) is 177 cm³/mol. The highest BCUT2D eigenvalue weighted by Crippen LogP contribution is 2.43. The van der Waals surface area contributed by atoms with Gasteiger partial charge in [0.25, 0.3) is 0 Å². The first-order chi connectivity index (χ1) is 20.2. The molecule has 5 aromatic rings. The molecule has 0 radical (unpaired) electrons. The topological polar surface area (TPSA) is 60.4 Å². The molecule has 0 N–H and O–H groups in total. The van der Waals surface area contributed by atoms with Crippen LogP contribution >= 0.6 is 69.9 Å². The van der Waals surface area contributed by atoms with E-state index in [2.05, 4.69) is 6.58 Å². The Bertz CT molecular complexity index is 2040. The highest BCUT2D eigenvalue weighted by Gasteiger charge is 2.24. The molecule has 2 heterocycles. The fourth-order valence-corrected chi connectivity index (χ4v) is 7.38. The van der Waals surface area contributed by atoms with Crippen LogP contribution in [0.2, 0.25) is 10.0 Å². The van der Waals surface area contributed by atoms with Crippen LogP contribution in [-0.2, 0) is 6.42 Å². The fraction of sp³-hybridized carbons (Fsp3) is 0.0625. The molecule has 0 aliphatic heterocycles. The molecule has 5 rings (SSSR count). The maximum atomic E-state index is 13.6. The van der Waals surface area contributed by atoms with Crippen LogP contribution < -0.4 is 11.3 Å². The van der Waals surface area contributed by atoms with Crippen molar-refractivity contribution in [1.29, 1.82) is 0 Å². The molecule has 0 amide bonds. The standard InChI is InChI=1S/C32H20Cl4O4S2/c1-3-23(35)27(14-17(2)33)41-29-19-8-4-6-10-25(19)39-31(37)21(29)16-22-30(42-28-15-18(34)12-13-24(28)36)20-9-5-7-11-26(20)40-32(22)38/h3-15H,2,16H2,1H3/b23-3?,27-14+. The Labute approximate surface area is 269 Å². The first-order valence-corrected chi connectivity index (χ1v) is 15.6. The number of rotatable bonds is 8. The van der Waals surface area contributed by atoms with Gasteiger partial charge in [0.15, 0.2) is 0 Å². The second-order valence-electron chi connectivity index (χ2n) is 8.93. The molecule has 0 aliphatic rings. The number of benzene rings is 3. The zero-order valence-corrected chi connectivity index (χ0v) is 26.5. The zero-order chi connectivity index (χ0) is 30.0. The number of fused-ring (bicyclic) bond motifs is 2. The van der Waals surface area contributed by atoms with E-state index in [4.69, 9.17) is 55.2 Å². The lowest BCUT2D eigenvalue weighted by atomic mass is 10.0. The first kappa shape index (κ1) is 30.6. The summed E-state index contributed by atoms with van der Waals surface area (Å²) in [4.78, 5) is 29.5. The maximum absolute atomic E-state index is 13.6. The molecule has 0 unspecified atom stereocenters. The van der Waals surface area contributed by atoms with E-state index < -0.39 is 11.3 Å². The Kier molecular flexibility index (Phi) is 9.63. The van der Waals surface area contributed by atoms with Crippen LogP contribution in [0.4, 0.5) is 0 Å². The van der Waals surface area contributed by atoms with E-state index in [0.717, 1.165) is 0 Å². The smallest absolute Gasteiger partial charge is 0.340 e. The molecule has 0 saturated carbocycles. The van der Waals surface area contributed by atoms with Gasteiger partial charge in [-0.15, -0.1) is 0 Å². The monoisotopic (exact) mass is 672 g/mol. The van der Waals surface area contributed by atoms with Gasteiger partial charge in [-0.2, -0.15) is 0 Å². The van der Waals surface area contributed by atoms with Gasteiger partial charge in [0.05, 0.1) is 21.2 Å². The van der Waals surface area contributed by atoms with Crippen LogP contribution in [0.15, 0.2) is 134 Å². The molecule has 0 spiro atoms. The number of hydrogen-bond acceptors (Lipinski definition) is 6. The third-order valence-corrected chi connectivity index (χ3v) is 9.93. The first-order valence-electron chi connectivity index (χ1n) is 12.4. The quantitative estimate of drug-likeness (QED) is 0.0928. The molecule has 42 heavy (non-hydrogen) atoms. The third kappa shape index (κ3) is 6.55. The van der Waals surface area contributed by atoms with Gasteiger partial charge in [0.1, 0.15) is 11.2 Å². The summed E-state index contributed by atoms with van der Waals surface area (Å²) in [5.41, 5.74) is 0.129. The van der Waals surface area contributed by atoms with Crippen LogP contribution in [0.5, 0.6) is 0 Å². The molecule has 2 aromatic heterocycles. The number of thioether (sulfide) groups is 1. The van der Waals surface area contributed by atoms with Gasteiger partial charge in [-0.1, -0.05) is 119 Å². The molecule has 10 heteroatoms. The van der Waals surface area contributed by atoms with Crippen molar-refractivity contribution >= 4 is 91.9 Å². The van der Waals surface area contributed by atoms with Crippen molar-refractivity contribution in [3.05, 3.63) is 142 Å². The van der Waals surface area contributed by atoms with Gasteiger partial charge in [-0.25, -0.2) is 9.59 Å². The largest absolute Gasteiger partial charge is 0.422 e. The van der Waals surface area contributed by atoms with Crippen LogP contribution in [-0.4, -0.2) is 0 Å². The Hall–Kier alpha value is -2.84. The van der Waals surface area contributed by atoms with E-state index in [1.165, 1.54) is 23.5 Å². The fourth-order valence-electron chi connectivity index (χ4n) is 4.24. The van der Waals surface area contributed by atoms with Crippen molar-refractivity contribution < 1.29 is 8.83 Å². The van der Waals surface area contributed by atoms with Gasteiger partial charge < -0.3 is 8.83 Å². The second kappa shape index (κ2) is 13.2. The van der Waals surface area contributed by atoms with E-state index in [-0.39, 0.29) is 22.6 Å². The van der Waals surface area contributed by atoms with E-state index in [9.17, 15) is 9.59 Å². The summed E-state index contributed by atoms with van der Waals surface area (Å²) in [7, 11) is 0. The van der Waals surface area contributed by atoms with Gasteiger partial charge >= 0.3 is 11.3 Å². The van der Waals surface area contributed by atoms with Crippen molar-refractivity contribution in [3.8, 4) is 0 Å². The molecule has 0 saturated heterocycles. The normalized spacial score (nSPS) is 12.3. The van der Waals surface area contributed by atoms with Gasteiger partial charge in [0, 0.05) is 46.8 Å². The van der Waals surface area contributed by atoms with E-state index >= 15 is 0 Å². The number of para-hydroxylation sites is 2. The zero-order valence-electron chi connectivity index (χ0n) is 21.9. The summed E-state index contributed by atoms with van der Waals surface area (Å²) < 4.78 is 11.4. The van der Waals surface area contributed by atoms with Crippen molar-refractivity contribution in [1.82, 2.24) is 0 Å². The lowest BCUT2D eigenvalue weighted by Crippen LogP contribution is -2.16. The predicted octanol–water partition coefficient (Wildman–Crippen LogP) is 10.8. The summed E-state index contributed by atoms with van der Waals surface area (Å²) in [6.45, 7) is 5.55. The average molecular weight is 674 g/mol. The van der Waals surface area contributed by atoms with E-state index in [0.29, 0.717) is 56.6 Å². The summed E-state index contributed by atoms with van der Waals surface area (Å²) in [5, 5.41) is 2.99. The van der Waals surface area contributed by atoms with Crippen molar-refractivity contribution in [2.45, 2.75) is 28.0 Å². The lowest BCUT2D eigenvalue weighted by molar-refractivity contribution is 0.536. The van der Waals surface area contributed by atoms with Gasteiger partial charge in [-0.3, -0.25) is 0 Å². The highest BCUT2D eigenvalue weighted by molar-refractivity contribution is 8.03. The SMILES string of the molecule is C=C(Cl)/C=C(/Sc1c(Cc2c(Sc3cc(Cl)ccc3Cl)c3ccccc3oc2=O)c(=O)oc2ccccc12)C(Cl)=CC. The lowest BCUT2D eigenvalue weighted by Gasteiger charge is -2.15. The van der Waals surface area contributed by atoms with E-state index in [1.54, 1.807) is 61.5 Å². The summed E-state index contributed by atoms with van der Waals surface area (Å²) >= 11 is 28.0. The van der Waals surface area contributed by atoms with Gasteiger partial charge in [-0.05, 0) is 43.3 Å². The van der Waals surface area contributed by atoms with Crippen LogP contribution in [0.25, 0.3) is 21.9 Å². The minimum absolute atomic E-state index is 0.0915. The highest BCUT2D eigenvalue weighted by atomic mass is 35.5. The molecule has 0 bridgehead atoms. The number of halogens is 4. The minimum Gasteiger partial charge on any atom is -0.422 e.